The molecular formula is C22H24Cl2FNO5. The largest absolute Gasteiger partial charge is 0.490 e. The number of β-amino-alcohol motifs (C(OH)–C–C–N with tert-alkyl or cyclic N) is 1. The normalized spacial score (nSPS) is 18.0. The second-order valence-corrected chi connectivity index (χ2v) is 8.36. The molecular weight excluding hydrogens is 448 g/mol. The van der Waals surface area contributed by atoms with Crippen LogP contribution in [-0.4, -0.2) is 59.0 Å². The van der Waals surface area contributed by atoms with Crippen LogP contribution in [0.4, 0.5) is 4.39 Å². The monoisotopic (exact) mass is 471 g/mol. The van der Waals surface area contributed by atoms with Gasteiger partial charge in [-0.1, -0.05) is 11.6 Å². The fourth-order valence-electron chi connectivity index (χ4n) is 4.16. The van der Waals surface area contributed by atoms with Crippen molar-refractivity contribution in [2.45, 2.75) is 31.0 Å². The maximum atomic E-state index is 13.3. The minimum absolute atomic E-state index is 0. The zero-order chi connectivity index (χ0) is 21.3. The van der Waals surface area contributed by atoms with Crippen molar-refractivity contribution in [2.24, 2.45) is 0 Å². The number of fused-ring (bicyclic) bond motifs is 1. The van der Waals surface area contributed by atoms with Crippen LogP contribution in [0.25, 0.3) is 0 Å². The van der Waals surface area contributed by atoms with Gasteiger partial charge in [0.15, 0.2) is 0 Å². The van der Waals surface area contributed by atoms with Gasteiger partial charge in [0.05, 0.1) is 0 Å². The number of halogens is 3. The number of likely N-dealkylation sites (tertiary alicyclic amines) is 1. The first-order chi connectivity index (χ1) is 14.3. The molecule has 168 valence electrons. The first-order valence-electron chi connectivity index (χ1n) is 9.87. The Morgan fingerprint density at radius 1 is 1.26 bits per heavy atom. The van der Waals surface area contributed by atoms with E-state index in [4.69, 9.17) is 26.2 Å². The van der Waals surface area contributed by atoms with Gasteiger partial charge in [-0.15, -0.1) is 12.4 Å². The molecule has 2 N–H and O–H groups in total. The Balaban J connectivity index is 0.00000272. The Hall–Kier alpha value is -2.06. The van der Waals surface area contributed by atoms with Gasteiger partial charge in [0.2, 0.25) is 0 Å². The number of nitrogens with zero attached hydrogens (tertiary/aromatic N) is 1. The van der Waals surface area contributed by atoms with Gasteiger partial charge in [0, 0.05) is 43.9 Å². The zero-order valence-corrected chi connectivity index (χ0v) is 18.3. The van der Waals surface area contributed by atoms with E-state index in [9.17, 15) is 14.3 Å². The molecule has 2 heterocycles. The Kier molecular flexibility index (Phi) is 7.31. The summed E-state index contributed by atoms with van der Waals surface area (Å²) in [5.41, 5.74) is 0.660. The number of aliphatic hydroxyl groups is 1. The van der Waals surface area contributed by atoms with Crippen molar-refractivity contribution in [1.82, 2.24) is 4.90 Å². The summed E-state index contributed by atoms with van der Waals surface area (Å²) in [5, 5.41) is 20.2. The maximum Gasteiger partial charge on any atom is 0.339 e. The van der Waals surface area contributed by atoms with Crippen LogP contribution in [0.15, 0.2) is 36.4 Å². The third-order valence-corrected chi connectivity index (χ3v) is 5.94. The number of rotatable bonds is 6. The number of piperidine rings is 1. The van der Waals surface area contributed by atoms with E-state index < -0.39 is 17.9 Å². The number of aliphatic hydroxyl groups excluding tert-OH is 1. The van der Waals surface area contributed by atoms with Crippen molar-refractivity contribution < 1.29 is 28.9 Å². The predicted octanol–water partition coefficient (Wildman–Crippen LogP) is 3.81. The van der Waals surface area contributed by atoms with E-state index in [1.54, 1.807) is 0 Å². The van der Waals surface area contributed by atoms with Crippen LogP contribution >= 0.6 is 24.0 Å². The molecule has 4 rings (SSSR count). The van der Waals surface area contributed by atoms with Crippen LogP contribution in [0.5, 0.6) is 11.5 Å². The molecule has 0 unspecified atom stereocenters. The highest BCUT2D eigenvalue weighted by atomic mass is 35.5. The Bertz CT molecular complexity index is 949. The highest BCUT2D eigenvalue weighted by Crippen LogP contribution is 2.41. The summed E-state index contributed by atoms with van der Waals surface area (Å²) in [4.78, 5) is 13.4. The highest BCUT2D eigenvalue weighted by molar-refractivity contribution is 6.30. The smallest absolute Gasteiger partial charge is 0.339 e. The number of carboxylic acids is 1. The molecule has 2 aliphatic heterocycles. The van der Waals surface area contributed by atoms with Crippen molar-refractivity contribution in [1.29, 1.82) is 0 Å². The highest BCUT2D eigenvalue weighted by Gasteiger charge is 2.42. The number of benzene rings is 2. The third kappa shape index (κ3) is 5.41. The molecule has 1 saturated heterocycles. The van der Waals surface area contributed by atoms with E-state index in [1.807, 2.05) is 18.2 Å². The molecule has 9 heteroatoms. The molecule has 0 aliphatic carbocycles. The first kappa shape index (κ1) is 23.6. The third-order valence-electron chi connectivity index (χ3n) is 5.70. The van der Waals surface area contributed by atoms with E-state index >= 15 is 0 Å². The Labute approximate surface area is 190 Å². The van der Waals surface area contributed by atoms with Gasteiger partial charge in [0.1, 0.15) is 41.2 Å². The first-order valence-corrected chi connectivity index (χ1v) is 10.2. The Morgan fingerprint density at radius 2 is 2.00 bits per heavy atom. The molecule has 2 aliphatic rings. The summed E-state index contributed by atoms with van der Waals surface area (Å²) in [6.07, 6.45) is 1.72. The summed E-state index contributed by atoms with van der Waals surface area (Å²) in [6.45, 7) is 1.87. The molecule has 31 heavy (non-hydrogen) atoms. The van der Waals surface area contributed by atoms with E-state index in [1.165, 1.54) is 6.07 Å². The topological polar surface area (TPSA) is 79.2 Å². The molecule has 1 fully saturated rings. The lowest BCUT2D eigenvalue weighted by atomic mass is 9.87. The minimum atomic E-state index is -1.28. The number of hydrogen-bond donors (Lipinski definition) is 2. The molecule has 0 aromatic heterocycles. The summed E-state index contributed by atoms with van der Waals surface area (Å²) >= 11 is 6.09. The fraction of sp³-hybridized carbons (Fsp3) is 0.409. The van der Waals surface area contributed by atoms with Gasteiger partial charge in [-0.3, -0.25) is 0 Å². The van der Waals surface area contributed by atoms with Gasteiger partial charge >= 0.3 is 5.97 Å². The number of ether oxygens (including phenoxy) is 2. The number of carbonyl (C=O) groups is 1. The summed E-state index contributed by atoms with van der Waals surface area (Å²) in [7, 11) is 0. The molecule has 1 spiro atoms. The van der Waals surface area contributed by atoms with Crippen molar-refractivity contribution >= 4 is 30.0 Å². The summed E-state index contributed by atoms with van der Waals surface area (Å²) in [5.74, 6) is -0.994. The maximum absolute atomic E-state index is 13.3. The lowest BCUT2D eigenvalue weighted by Crippen LogP contribution is -2.49. The average molecular weight is 472 g/mol. The molecule has 2 aromatic carbocycles. The second-order valence-electron chi connectivity index (χ2n) is 7.92. The van der Waals surface area contributed by atoms with Gasteiger partial charge in [0.25, 0.3) is 0 Å². The lowest BCUT2D eigenvalue weighted by Gasteiger charge is -2.39. The average Bonchev–Trinajstić information content (AvgIpc) is 3.05. The van der Waals surface area contributed by atoms with Crippen molar-refractivity contribution in [3.8, 4) is 11.5 Å². The van der Waals surface area contributed by atoms with Crippen LogP contribution in [0.2, 0.25) is 5.02 Å². The molecule has 2 aromatic rings. The van der Waals surface area contributed by atoms with E-state index in [-0.39, 0.29) is 35.9 Å². The van der Waals surface area contributed by atoms with Crippen molar-refractivity contribution in [3.05, 3.63) is 58.4 Å². The van der Waals surface area contributed by atoms with Crippen molar-refractivity contribution in [3.63, 3.8) is 0 Å². The lowest BCUT2D eigenvalue weighted by molar-refractivity contribution is -0.00203. The standard InChI is InChI=1S/C22H23ClFNO5.ClH/c23-15-1-3-19-14(9-15)11-22(30-19)5-7-25(8-6-22)12-17(26)13-29-20-4-2-16(24)10-18(20)21(27)28;/h1-4,9-10,17,26H,5-8,11-13H2,(H,27,28);1H/t17-;/m1./s1. The van der Waals surface area contributed by atoms with Crippen LogP contribution < -0.4 is 9.47 Å². The van der Waals surface area contributed by atoms with Gasteiger partial charge in [-0.2, -0.15) is 0 Å². The Morgan fingerprint density at radius 3 is 2.71 bits per heavy atom. The van der Waals surface area contributed by atoms with E-state index in [0.717, 1.165) is 55.8 Å². The fourth-order valence-corrected chi connectivity index (χ4v) is 4.35. The van der Waals surface area contributed by atoms with Crippen molar-refractivity contribution in [2.75, 3.05) is 26.2 Å². The predicted molar refractivity (Wildman–Crippen MR) is 116 cm³/mol. The van der Waals surface area contributed by atoms with Crippen LogP contribution in [0, 0.1) is 5.82 Å². The second kappa shape index (κ2) is 9.61. The summed E-state index contributed by atoms with van der Waals surface area (Å²) < 4.78 is 24.9. The zero-order valence-electron chi connectivity index (χ0n) is 16.7. The van der Waals surface area contributed by atoms with Crippen LogP contribution in [-0.2, 0) is 6.42 Å². The molecule has 0 saturated carbocycles. The van der Waals surface area contributed by atoms with Crippen LogP contribution in [0.1, 0.15) is 28.8 Å². The quantitative estimate of drug-likeness (QED) is 0.666. The number of hydrogen-bond acceptors (Lipinski definition) is 5. The summed E-state index contributed by atoms with van der Waals surface area (Å²) in [6, 6.07) is 9.01. The molecule has 6 nitrogen and oxygen atoms in total. The van der Waals surface area contributed by atoms with Crippen LogP contribution in [0.3, 0.4) is 0 Å². The molecule has 0 amide bonds. The van der Waals surface area contributed by atoms with Gasteiger partial charge in [-0.05, 0) is 42.0 Å². The SMILES string of the molecule is Cl.O=C(O)c1cc(F)ccc1OC[C@H](O)CN1CCC2(CC1)Cc1cc(Cl)ccc1O2. The molecule has 1 atom stereocenters. The molecule has 0 bridgehead atoms. The van der Waals surface area contributed by atoms with Gasteiger partial charge < -0.3 is 24.6 Å². The van der Waals surface area contributed by atoms with E-state index in [2.05, 4.69) is 4.90 Å². The number of carboxylic acid groups (broad SMARTS) is 1. The minimum Gasteiger partial charge on any atom is -0.490 e. The van der Waals surface area contributed by atoms with Gasteiger partial charge in [-0.25, -0.2) is 9.18 Å². The number of aromatic carboxylic acids is 1. The van der Waals surface area contributed by atoms with E-state index in [0.29, 0.717) is 11.6 Å². The molecule has 0 radical (unpaired) electrons.